The summed E-state index contributed by atoms with van der Waals surface area (Å²) in [5, 5.41) is 3.52. The molecule has 0 radical (unpaired) electrons. The van der Waals surface area contributed by atoms with Gasteiger partial charge >= 0.3 is 0 Å². The second-order valence-electron chi connectivity index (χ2n) is 6.67. The molecule has 1 saturated carbocycles. The maximum Gasteiger partial charge on any atom is 0.279 e. The van der Waals surface area contributed by atoms with Crippen LogP contribution in [0.3, 0.4) is 0 Å². The van der Waals surface area contributed by atoms with Crippen molar-refractivity contribution >= 4 is 23.2 Å². The highest BCUT2D eigenvalue weighted by molar-refractivity contribution is 6.33. The molecule has 132 valence electrons. The van der Waals surface area contributed by atoms with Gasteiger partial charge in [0.1, 0.15) is 12.3 Å². The maximum absolute atomic E-state index is 12.5. The second kappa shape index (κ2) is 7.89. The van der Waals surface area contributed by atoms with E-state index in [1.54, 1.807) is 7.11 Å². The first kappa shape index (κ1) is 17.8. The molecule has 2 aromatic rings. The highest BCUT2D eigenvalue weighted by Crippen LogP contribution is 2.22. The summed E-state index contributed by atoms with van der Waals surface area (Å²) in [6, 6.07) is 14.3. The number of carbonyl (C=O) groups is 1. The number of hydrogen-bond acceptors (Lipinski definition) is 2. The smallest absolute Gasteiger partial charge is 0.279 e. The van der Waals surface area contributed by atoms with E-state index in [0.29, 0.717) is 23.3 Å². The van der Waals surface area contributed by atoms with Crippen LogP contribution in [0.4, 0.5) is 5.69 Å². The van der Waals surface area contributed by atoms with Crippen molar-refractivity contribution in [2.24, 2.45) is 0 Å². The molecule has 0 bridgehead atoms. The number of methoxy groups -OCH3 is 1. The van der Waals surface area contributed by atoms with Gasteiger partial charge in [0.15, 0.2) is 6.54 Å². The number of rotatable bonds is 7. The van der Waals surface area contributed by atoms with Crippen LogP contribution in [0.2, 0.25) is 5.02 Å². The molecular formula is C20H24ClN2O2+. The molecule has 0 saturated heterocycles. The molecule has 0 aromatic heterocycles. The molecule has 1 aliphatic carbocycles. The SMILES string of the molecule is COc1ccc(C[NH+](CC(=O)Nc2ccc(C)cc2Cl)C2CC2)cc1. The molecule has 1 atom stereocenters. The zero-order chi connectivity index (χ0) is 17.8. The minimum absolute atomic E-state index is 0.00108. The molecule has 0 heterocycles. The third kappa shape index (κ3) is 4.97. The van der Waals surface area contributed by atoms with Gasteiger partial charge in [-0.2, -0.15) is 0 Å². The van der Waals surface area contributed by atoms with Crippen LogP contribution in [0.25, 0.3) is 0 Å². The van der Waals surface area contributed by atoms with Crippen molar-refractivity contribution in [3.8, 4) is 5.75 Å². The number of ether oxygens (including phenoxy) is 1. The Labute approximate surface area is 153 Å². The molecule has 0 aliphatic heterocycles. The highest BCUT2D eigenvalue weighted by Gasteiger charge is 2.34. The molecule has 1 unspecified atom stereocenters. The number of quaternary nitrogens is 1. The predicted molar refractivity (Wildman–Crippen MR) is 100 cm³/mol. The Hall–Kier alpha value is -2.04. The summed E-state index contributed by atoms with van der Waals surface area (Å²) < 4.78 is 5.20. The lowest BCUT2D eigenvalue weighted by molar-refractivity contribution is -0.916. The van der Waals surface area contributed by atoms with Crippen LogP contribution in [-0.2, 0) is 11.3 Å². The lowest BCUT2D eigenvalue weighted by atomic mass is 10.2. The van der Waals surface area contributed by atoms with Crippen LogP contribution in [0.1, 0.15) is 24.0 Å². The number of amides is 1. The van der Waals surface area contributed by atoms with E-state index in [0.717, 1.165) is 17.9 Å². The topological polar surface area (TPSA) is 42.8 Å². The van der Waals surface area contributed by atoms with Crippen molar-refractivity contribution in [1.82, 2.24) is 0 Å². The van der Waals surface area contributed by atoms with Crippen LogP contribution in [0.5, 0.6) is 5.75 Å². The van der Waals surface area contributed by atoms with Gasteiger partial charge in [0.2, 0.25) is 0 Å². The zero-order valence-electron chi connectivity index (χ0n) is 14.6. The minimum atomic E-state index is 0.00108. The highest BCUT2D eigenvalue weighted by atomic mass is 35.5. The molecule has 25 heavy (non-hydrogen) atoms. The summed E-state index contributed by atoms with van der Waals surface area (Å²) in [6.45, 7) is 3.26. The molecular weight excluding hydrogens is 336 g/mol. The largest absolute Gasteiger partial charge is 0.497 e. The number of halogens is 1. The molecule has 1 amide bonds. The second-order valence-corrected chi connectivity index (χ2v) is 7.07. The first-order valence-electron chi connectivity index (χ1n) is 8.58. The van der Waals surface area contributed by atoms with Gasteiger partial charge in [-0.05, 0) is 48.9 Å². The normalized spacial score (nSPS) is 14.8. The lowest BCUT2D eigenvalue weighted by Gasteiger charge is -2.19. The van der Waals surface area contributed by atoms with Crippen molar-refractivity contribution in [3.63, 3.8) is 0 Å². The van der Waals surface area contributed by atoms with Gasteiger partial charge in [-0.25, -0.2) is 0 Å². The first-order valence-corrected chi connectivity index (χ1v) is 8.96. The summed E-state index contributed by atoms with van der Waals surface area (Å²) in [6.07, 6.45) is 2.37. The Balaban J connectivity index is 1.62. The quantitative estimate of drug-likeness (QED) is 0.798. The van der Waals surface area contributed by atoms with Crippen LogP contribution in [0, 0.1) is 6.92 Å². The Morgan fingerprint density at radius 3 is 2.56 bits per heavy atom. The van der Waals surface area contributed by atoms with Crippen LogP contribution in [0.15, 0.2) is 42.5 Å². The average Bonchev–Trinajstić information content (AvgIpc) is 3.42. The van der Waals surface area contributed by atoms with Crippen molar-refractivity contribution in [2.45, 2.75) is 32.4 Å². The molecule has 0 spiro atoms. The Bertz CT molecular complexity index is 742. The lowest BCUT2D eigenvalue weighted by Crippen LogP contribution is -3.13. The third-order valence-corrected chi connectivity index (χ3v) is 4.84. The van der Waals surface area contributed by atoms with Gasteiger partial charge in [0, 0.05) is 18.4 Å². The maximum atomic E-state index is 12.5. The van der Waals surface area contributed by atoms with E-state index in [1.807, 2.05) is 37.3 Å². The number of anilines is 1. The van der Waals surface area contributed by atoms with E-state index >= 15 is 0 Å². The van der Waals surface area contributed by atoms with Crippen molar-refractivity contribution in [2.75, 3.05) is 19.0 Å². The van der Waals surface area contributed by atoms with E-state index in [4.69, 9.17) is 16.3 Å². The summed E-state index contributed by atoms with van der Waals surface area (Å²) in [4.78, 5) is 13.8. The van der Waals surface area contributed by atoms with Gasteiger partial charge in [-0.15, -0.1) is 0 Å². The number of nitrogens with one attached hydrogen (secondary N) is 2. The molecule has 4 nitrogen and oxygen atoms in total. The van der Waals surface area contributed by atoms with Gasteiger partial charge in [0.05, 0.1) is 23.9 Å². The summed E-state index contributed by atoms with van der Waals surface area (Å²) >= 11 is 6.21. The predicted octanol–water partition coefficient (Wildman–Crippen LogP) is 2.84. The molecule has 1 aliphatic rings. The van der Waals surface area contributed by atoms with Gasteiger partial charge in [-0.1, -0.05) is 17.7 Å². The van der Waals surface area contributed by atoms with Gasteiger partial charge < -0.3 is 15.0 Å². The summed E-state index contributed by atoms with van der Waals surface area (Å²) in [5.74, 6) is 0.852. The van der Waals surface area contributed by atoms with E-state index < -0.39 is 0 Å². The van der Waals surface area contributed by atoms with Gasteiger partial charge in [0.25, 0.3) is 5.91 Å². The summed E-state index contributed by atoms with van der Waals surface area (Å²) in [7, 11) is 1.66. The van der Waals surface area contributed by atoms with Crippen molar-refractivity contribution in [3.05, 3.63) is 58.6 Å². The van der Waals surface area contributed by atoms with Crippen molar-refractivity contribution < 1.29 is 14.4 Å². The number of hydrogen-bond donors (Lipinski definition) is 2. The molecule has 2 N–H and O–H groups in total. The molecule has 2 aromatic carbocycles. The van der Waals surface area contributed by atoms with E-state index in [9.17, 15) is 4.79 Å². The van der Waals surface area contributed by atoms with Crippen molar-refractivity contribution in [1.29, 1.82) is 0 Å². The Kier molecular flexibility index (Phi) is 5.61. The van der Waals surface area contributed by atoms with E-state index in [-0.39, 0.29) is 5.91 Å². The summed E-state index contributed by atoms with van der Waals surface area (Å²) in [5.41, 5.74) is 2.97. The van der Waals surface area contributed by atoms with E-state index in [2.05, 4.69) is 17.4 Å². The number of carbonyl (C=O) groups excluding carboxylic acids is 1. The van der Waals surface area contributed by atoms with Crippen LogP contribution >= 0.6 is 11.6 Å². The van der Waals surface area contributed by atoms with Crippen LogP contribution < -0.4 is 15.0 Å². The number of aryl methyl sites for hydroxylation is 1. The third-order valence-electron chi connectivity index (χ3n) is 4.53. The average molecular weight is 360 g/mol. The molecule has 3 rings (SSSR count). The first-order chi connectivity index (χ1) is 12.0. The van der Waals surface area contributed by atoms with E-state index in [1.165, 1.54) is 23.3 Å². The Morgan fingerprint density at radius 2 is 1.96 bits per heavy atom. The monoisotopic (exact) mass is 359 g/mol. The molecule has 1 fully saturated rings. The van der Waals surface area contributed by atoms with Crippen LogP contribution in [-0.4, -0.2) is 25.6 Å². The fraction of sp³-hybridized carbons (Fsp3) is 0.350. The standard InChI is InChI=1S/C20H23ClN2O2/c1-14-3-10-19(18(21)11-14)22-20(24)13-23(16-6-7-16)12-15-4-8-17(25-2)9-5-15/h3-5,8-11,16H,6-7,12-13H2,1-2H3,(H,22,24)/p+1. The minimum Gasteiger partial charge on any atom is -0.497 e. The van der Waals surface area contributed by atoms with Gasteiger partial charge in [-0.3, -0.25) is 4.79 Å². The zero-order valence-corrected chi connectivity index (χ0v) is 15.4. The number of benzene rings is 2. The fourth-order valence-corrected chi connectivity index (χ4v) is 3.25. The Morgan fingerprint density at radius 1 is 1.24 bits per heavy atom. The fourth-order valence-electron chi connectivity index (χ4n) is 2.97. The molecule has 5 heteroatoms.